The number of rotatable bonds is 3. The molecule has 1 aliphatic rings. The molecule has 1 atom stereocenters. The number of nitrogen functional groups attached to an aromatic ring is 1. The molecule has 0 spiro atoms. The van der Waals surface area contributed by atoms with Crippen LogP contribution in [0.15, 0.2) is 6.20 Å². The maximum Gasteiger partial charge on any atom is 0.0879 e. The zero-order valence-electron chi connectivity index (χ0n) is 9.20. The topological polar surface area (TPSA) is 43.8 Å². The molecule has 0 saturated heterocycles. The van der Waals surface area contributed by atoms with Crippen molar-refractivity contribution in [3.8, 4) is 0 Å². The third-order valence-electron chi connectivity index (χ3n) is 3.06. The maximum atomic E-state index is 5.92. The third kappa shape index (κ3) is 1.63. The van der Waals surface area contributed by atoms with Crippen LogP contribution in [0.1, 0.15) is 51.3 Å². The molecule has 2 rings (SSSR count). The molecule has 1 unspecified atom stereocenters. The van der Waals surface area contributed by atoms with E-state index in [1.54, 1.807) is 0 Å². The van der Waals surface area contributed by atoms with Crippen LogP contribution in [0.25, 0.3) is 0 Å². The van der Waals surface area contributed by atoms with E-state index in [4.69, 9.17) is 5.73 Å². The Kier molecular flexibility index (Phi) is 2.25. The molecule has 1 fully saturated rings. The highest BCUT2D eigenvalue weighted by molar-refractivity contribution is 5.42. The molecule has 0 aliphatic heterocycles. The van der Waals surface area contributed by atoms with E-state index in [0.29, 0.717) is 12.0 Å². The van der Waals surface area contributed by atoms with Gasteiger partial charge >= 0.3 is 0 Å². The van der Waals surface area contributed by atoms with Crippen molar-refractivity contribution in [2.75, 3.05) is 5.73 Å². The Morgan fingerprint density at radius 2 is 2.07 bits per heavy atom. The molecule has 2 N–H and O–H groups in total. The normalized spacial score (nSPS) is 18.9. The van der Waals surface area contributed by atoms with Crippen molar-refractivity contribution in [1.82, 2.24) is 9.78 Å². The van der Waals surface area contributed by atoms with Gasteiger partial charge in [0.25, 0.3) is 0 Å². The maximum absolute atomic E-state index is 5.92. The second kappa shape index (κ2) is 3.30. The highest BCUT2D eigenvalue weighted by Crippen LogP contribution is 2.39. The smallest absolute Gasteiger partial charge is 0.0879 e. The number of hydrogen-bond acceptors (Lipinski definition) is 2. The Morgan fingerprint density at radius 3 is 2.50 bits per heavy atom. The number of anilines is 1. The van der Waals surface area contributed by atoms with Crippen LogP contribution in [0.2, 0.25) is 0 Å². The van der Waals surface area contributed by atoms with Crippen LogP contribution >= 0.6 is 0 Å². The van der Waals surface area contributed by atoms with Gasteiger partial charge in [0.05, 0.1) is 17.4 Å². The minimum atomic E-state index is 0.419. The molecule has 14 heavy (non-hydrogen) atoms. The van der Waals surface area contributed by atoms with Gasteiger partial charge in [-0.15, -0.1) is 0 Å². The molecule has 1 heterocycles. The molecule has 3 nitrogen and oxygen atoms in total. The van der Waals surface area contributed by atoms with Gasteiger partial charge < -0.3 is 5.73 Å². The second-order valence-electron chi connectivity index (χ2n) is 4.68. The molecule has 0 amide bonds. The molecule has 1 saturated carbocycles. The Balaban J connectivity index is 2.22. The molecule has 1 aliphatic carbocycles. The average molecular weight is 193 g/mol. The van der Waals surface area contributed by atoms with Gasteiger partial charge in [0.15, 0.2) is 0 Å². The first-order chi connectivity index (χ1) is 6.59. The Bertz CT molecular complexity index is 323. The lowest BCUT2D eigenvalue weighted by atomic mass is 10.1. The summed E-state index contributed by atoms with van der Waals surface area (Å²) in [4.78, 5) is 0. The lowest BCUT2D eigenvalue weighted by molar-refractivity contribution is 0.435. The Hall–Kier alpha value is -0.990. The molecular formula is C11H19N3. The summed E-state index contributed by atoms with van der Waals surface area (Å²) in [6, 6.07) is 0.518. The largest absolute Gasteiger partial charge is 0.396 e. The molecular weight excluding hydrogens is 174 g/mol. The van der Waals surface area contributed by atoms with E-state index < -0.39 is 0 Å². The molecule has 0 aromatic carbocycles. The van der Waals surface area contributed by atoms with Crippen LogP contribution in [-0.2, 0) is 0 Å². The minimum Gasteiger partial charge on any atom is -0.396 e. The summed E-state index contributed by atoms with van der Waals surface area (Å²) in [5.41, 5.74) is 7.80. The molecule has 1 aromatic heterocycles. The van der Waals surface area contributed by atoms with Gasteiger partial charge in [0.1, 0.15) is 0 Å². The standard InChI is InChI=1S/C11H19N3/c1-7(2)11-10(12)6-14(13-11)8(3)9-4-5-9/h6-9H,4-5,12H2,1-3H3. The van der Waals surface area contributed by atoms with Gasteiger partial charge in [-0.05, 0) is 31.6 Å². The van der Waals surface area contributed by atoms with Crippen LogP contribution < -0.4 is 5.73 Å². The van der Waals surface area contributed by atoms with Gasteiger partial charge in [0.2, 0.25) is 0 Å². The van der Waals surface area contributed by atoms with Crippen molar-refractivity contribution in [2.45, 2.75) is 45.6 Å². The SMILES string of the molecule is CC(C)c1nn(C(C)C2CC2)cc1N. The summed E-state index contributed by atoms with van der Waals surface area (Å²) in [7, 11) is 0. The van der Waals surface area contributed by atoms with E-state index in [9.17, 15) is 0 Å². The fraction of sp³-hybridized carbons (Fsp3) is 0.727. The van der Waals surface area contributed by atoms with Crippen molar-refractivity contribution in [3.05, 3.63) is 11.9 Å². The molecule has 0 radical (unpaired) electrons. The van der Waals surface area contributed by atoms with Gasteiger partial charge in [-0.2, -0.15) is 5.10 Å². The van der Waals surface area contributed by atoms with Crippen LogP contribution in [0.5, 0.6) is 0 Å². The number of aromatic nitrogens is 2. The van der Waals surface area contributed by atoms with Crippen molar-refractivity contribution in [2.24, 2.45) is 5.92 Å². The quantitative estimate of drug-likeness (QED) is 0.801. The summed E-state index contributed by atoms with van der Waals surface area (Å²) in [5, 5.41) is 4.56. The summed E-state index contributed by atoms with van der Waals surface area (Å²) in [6.45, 7) is 6.49. The molecule has 3 heteroatoms. The van der Waals surface area contributed by atoms with Gasteiger partial charge in [-0.25, -0.2) is 0 Å². The summed E-state index contributed by atoms with van der Waals surface area (Å²) < 4.78 is 2.04. The van der Waals surface area contributed by atoms with E-state index in [0.717, 1.165) is 17.3 Å². The van der Waals surface area contributed by atoms with E-state index >= 15 is 0 Å². The highest BCUT2D eigenvalue weighted by Gasteiger charge is 2.30. The zero-order chi connectivity index (χ0) is 10.3. The van der Waals surface area contributed by atoms with Crippen LogP contribution in [0.4, 0.5) is 5.69 Å². The third-order valence-corrected chi connectivity index (χ3v) is 3.06. The first-order valence-electron chi connectivity index (χ1n) is 5.44. The predicted molar refractivity (Wildman–Crippen MR) is 58.2 cm³/mol. The van der Waals surface area contributed by atoms with E-state index in [2.05, 4.69) is 25.9 Å². The van der Waals surface area contributed by atoms with E-state index in [-0.39, 0.29) is 0 Å². The second-order valence-corrected chi connectivity index (χ2v) is 4.68. The summed E-state index contributed by atoms with van der Waals surface area (Å²) >= 11 is 0. The summed E-state index contributed by atoms with van der Waals surface area (Å²) in [6.07, 6.45) is 4.67. The molecule has 78 valence electrons. The van der Waals surface area contributed by atoms with Gasteiger partial charge in [0, 0.05) is 6.20 Å². The van der Waals surface area contributed by atoms with Crippen LogP contribution in [-0.4, -0.2) is 9.78 Å². The monoisotopic (exact) mass is 193 g/mol. The highest BCUT2D eigenvalue weighted by atomic mass is 15.3. The minimum absolute atomic E-state index is 0.419. The van der Waals surface area contributed by atoms with Gasteiger partial charge in [-0.3, -0.25) is 4.68 Å². The van der Waals surface area contributed by atoms with E-state index in [1.807, 2.05) is 10.9 Å². The van der Waals surface area contributed by atoms with Crippen LogP contribution in [0, 0.1) is 5.92 Å². The lowest BCUT2D eigenvalue weighted by Crippen LogP contribution is -2.08. The van der Waals surface area contributed by atoms with Gasteiger partial charge in [-0.1, -0.05) is 13.8 Å². The number of nitrogens with zero attached hydrogens (tertiary/aromatic N) is 2. The first kappa shape index (κ1) is 9.56. The van der Waals surface area contributed by atoms with Crippen LogP contribution in [0.3, 0.4) is 0 Å². The fourth-order valence-electron chi connectivity index (χ4n) is 1.87. The van der Waals surface area contributed by atoms with Crippen molar-refractivity contribution < 1.29 is 0 Å². The zero-order valence-corrected chi connectivity index (χ0v) is 9.20. The predicted octanol–water partition coefficient (Wildman–Crippen LogP) is 2.56. The lowest BCUT2D eigenvalue weighted by Gasteiger charge is -2.10. The number of hydrogen-bond donors (Lipinski definition) is 1. The summed E-state index contributed by atoms with van der Waals surface area (Å²) in [5.74, 6) is 1.25. The Labute approximate surface area is 85.3 Å². The number of nitrogens with two attached hydrogens (primary N) is 1. The van der Waals surface area contributed by atoms with Crippen molar-refractivity contribution in [1.29, 1.82) is 0 Å². The van der Waals surface area contributed by atoms with Crippen molar-refractivity contribution >= 4 is 5.69 Å². The molecule has 1 aromatic rings. The van der Waals surface area contributed by atoms with E-state index in [1.165, 1.54) is 12.8 Å². The Morgan fingerprint density at radius 1 is 1.43 bits per heavy atom. The first-order valence-corrected chi connectivity index (χ1v) is 5.44. The average Bonchev–Trinajstić information content (AvgIpc) is 2.88. The van der Waals surface area contributed by atoms with Crippen molar-refractivity contribution in [3.63, 3.8) is 0 Å². The fourth-order valence-corrected chi connectivity index (χ4v) is 1.87. The molecule has 0 bridgehead atoms.